The average molecular weight is 419 g/mol. The van der Waals surface area contributed by atoms with Gasteiger partial charge in [0.25, 0.3) is 5.91 Å². The van der Waals surface area contributed by atoms with E-state index in [-0.39, 0.29) is 5.91 Å². The van der Waals surface area contributed by atoms with Gasteiger partial charge in [-0.25, -0.2) is 4.79 Å². The van der Waals surface area contributed by atoms with Crippen LogP contribution < -0.4 is 10.6 Å². The molecular formula is C20H23BrN2O3. The maximum Gasteiger partial charge on any atom is 0.407 e. The lowest BCUT2D eigenvalue weighted by molar-refractivity contribution is 0.0523. The minimum Gasteiger partial charge on any atom is -0.444 e. The van der Waals surface area contributed by atoms with Crippen molar-refractivity contribution in [2.75, 3.05) is 0 Å². The maximum absolute atomic E-state index is 12.2. The second-order valence-corrected chi connectivity index (χ2v) is 7.78. The van der Waals surface area contributed by atoms with E-state index in [1.165, 1.54) is 0 Å². The van der Waals surface area contributed by atoms with Crippen molar-refractivity contribution in [2.24, 2.45) is 0 Å². The van der Waals surface area contributed by atoms with Gasteiger partial charge in [-0.05, 0) is 56.2 Å². The van der Waals surface area contributed by atoms with E-state index >= 15 is 0 Å². The van der Waals surface area contributed by atoms with Gasteiger partial charge < -0.3 is 15.4 Å². The van der Waals surface area contributed by atoms with E-state index in [0.29, 0.717) is 18.7 Å². The van der Waals surface area contributed by atoms with E-state index in [4.69, 9.17) is 4.74 Å². The Labute approximate surface area is 162 Å². The molecule has 0 saturated carbocycles. The molecule has 6 heteroatoms. The van der Waals surface area contributed by atoms with Crippen molar-refractivity contribution in [1.29, 1.82) is 0 Å². The number of hydrogen-bond donors (Lipinski definition) is 2. The van der Waals surface area contributed by atoms with Crippen molar-refractivity contribution in [3.63, 3.8) is 0 Å². The molecule has 0 radical (unpaired) electrons. The van der Waals surface area contributed by atoms with E-state index in [0.717, 1.165) is 15.6 Å². The van der Waals surface area contributed by atoms with Crippen LogP contribution in [-0.2, 0) is 17.8 Å². The summed E-state index contributed by atoms with van der Waals surface area (Å²) in [6, 6.07) is 14.9. The van der Waals surface area contributed by atoms with Gasteiger partial charge in [0.2, 0.25) is 0 Å². The first-order chi connectivity index (χ1) is 12.2. The molecule has 26 heavy (non-hydrogen) atoms. The predicted octanol–water partition coefficient (Wildman–Crippen LogP) is 4.40. The third kappa shape index (κ3) is 6.88. The van der Waals surface area contributed by atoms with Crippen molar-refractivity contribution in [1.82, 2.24) is 10.6 Å². The van der Waals surface area contributed by atoms with Crippen LogP contribution in [0, 0.1) is 0 Å². The standard InChI is InChI=1S/C20H23BrN2O3/c1-20(2,3)26-19(25)23-13-15-6-4-5-14(11-15)12-22-18(24)16-7-9-17(21)10-8-16/h4-11H,12-13H2,1-3H3,(H,22,24)(H,23,25). The van der Waals surface area contributed by atoms with Crippen LogP contribution in [0.4, 0.5) is 4.79 Å². The quantitative estimate of drug-likeness (QED) is 0.755. The molecule has 0 atom stereocenters. The highest BCUT2D eigenvalue weighted by Crippen LogP contribution is 2.11. The van der Waals surface area contributed by atoms with E-state index < -0.39 is 11.7 Å². The minimum atomic E-state index is -0.525. The van der Waals surface area contributed by atoms with Gasteiger partial charge in [-0.2, -0.15) is 0 Å². The molecular weight excluding hydrogens is 396 g/mol. The second kappa shape index (κ2) is 8.85. The molecule has 2 N–H and O–H groups in total. The van der Waals surface area contributed by atoms with Crippen LogP contribution in [0.2, 0.25) is 0 Å². The molecule has 2 aromatic rings. The van der Waals surface area contributed by atoms with Crippen LogP contribution >= 0.6 is 15.9 Å². The third-order valence-electron chi connectivity index (χ3n) is 3.39. The Morgan fingerprint density at radius 2 is 1.54 bits per heavy atom. The summed E-state index contributed by atoms with van der Waals surface area (Å²) in [7, 11) is 0. The first-order valence-corrected chi connectivity index (χ1v) is 9.11. The number of halogens is 1. The van der Waals surface area contributed by atoms with E-state index in [1.54, 1.807) is 12.1 Å². The van der Waals surface area contributed by atoms with Crippen molar-refractivity contribution in [3.8, 4) is 0 Å². The molecule has 0 fully saturated rings. The van der Waals surface area contributed by atoms with E-state index in [2.05, 4.69) is 26.6 Å². The van der Waals surface area contributed by atoms with Crippen LogP contribution in [-0.4, -0.2) is 17.6 Å². The summed E-state index contributed by atoms with van der Waals surface area (Å²) in [6.07, 6.45) is -0.452. The van der Waals surface area contributed by atoms with Crippen molar-refractivity contribution in [3.05, 3.63) is 69.7 Å². The summed E-state index contributed by atoms with van der Waals surface area (Å²) >= 11 is 3.35. The zero-order valence-corrected chi connectivity index (χ0v) is 16.7. The molecule has 0 aliphatic rings. The summed E-state index contributed by atoms with van der Waals surface area (Å²) in [5, 5.41) is 5.62. The van der Waals surface area contributed by atoms with Crippen molar-refractivity contribution >= 4 is 27.9 Å². The molecule has 0 bridgehead atoms. The number of amides is 2. The molecule has 2 rings (SSSR count). The molecule has 5 nitrogen and oxygen atoms in total. The molecule has 0 aliphatic heterocycles. The minimum absolute atomic E-state index is 0.130. The summed E-state index contributed by atoms with van der Waals surface area (Å²) in [5.74, 6) is -0.130. The summed E-state index contributed by atoms with van der Waals surface area (Å²) < 4.78 is 6.15. The predicted molar refractivity (Wildman–Crippen MR) is 105 cm³/mol. The Morgan fingerprint density at radius 1 is 0.962 bits per heavy atom. The summed E-state index contributed by atoms with van der Waals surface area (Å²) in [6.45, 7) is 6.24. The molecule has 138 valence electrons. The molecule has 0 aromatic heterocycles. The third-order valence-corrected chi connectivity index (χ3v) is 3.92. The Morgan fingerprint density at radius 3 is 2.12 bits per heavy atom. The fraction of sp³-hybridized carbons (Fsp3) is 0.300. The lowest BCUT2D eigenvalue weighted by atomic mass is 10.1. The van der Waals surface area contributed by atoms with E-state index in [9.17, 15) is 9.59 Å². The Kier molecular flexibility index (Phi) is 6.80. The number of ether oxygens (including phenoxy) is 1. The van der Waals surface area contributed by atoms with Gasteiger partial charge in [0.05, 0.1) is 0 Å². The molecule has 0 spiro atoms. The highest BCUT2D eigenvalue weighted by molar-refractivity contribution is 9.10. The number of alkyl carbamates (subject to hydrolysis) is 1. The lowest BCUT2D eigenvalue weighted by Gasteiger charge is -2.19. The summed E-state index contributed by atoms with van der Waals surface area (Å²) in [5.41, 5.74) is 1.98. The number of hydrogen-bond acceptors (Lipinski definition) is 3. The number of nitrogens with one attached hydrogen (secondary N) is 2. The highest BCUT2D eigenvalue weighted by atomic mass is 79.9. The van der Waals surface area contributed by atoms with Gasteiger partial charge in [-0.3, -0.25) is 4.79 Å². The number of benzene rings is 2. The number of carbonyl (C=O) groups excluding carboxylic acids is 2. The molecule has 0 saturated heterocycles. The lowest BCUT2D eigenvalue weighted by Crippen LogP contribution is -2.32. The van der Waals surface area contributed by atoms with Crippen molar-refractivity contribution in [2.45, 2.75) is 39.5 Å². The van der Waals surface area contributed by atoms with Crippen LogP contribution in [0.25, 0.3) is 0 Å². The second-order valence-electron chi connectivity index (χ2n) is 6.86. The average Bonchev–Trinajstić information content (AvgIpc) is 2.57. The topological polar surface area (TPSA) is 67.4 Å². The van der Waals surface area contributed by atoms with Gasteiger partial charge in [0.15, 0.2) is 0 Å². The smallest absolute Gasteiger partial charge is 0.407 e. The van der Waals surface area contributed by atoms with Crippen LogP contribution in [0.1, 0.15) is 42.3 Å². The van der Waals surface area contributed by atoms with Crippen LogP contribution in [0.3, 0.4) is 0 Å². The molecule has 0 aliphatic carbocycles. The largest absolute Gasteiger partial charge is 0.444 e. The zero-order chi connectivity index (χ0) is 19.2. The first-order valence-electron chi connectivity index (χ1n) is 8.31. The SMILES string of the molecule is CC(C)(C)OC(=O)NCc1cccc(CNC(=O)c2ccc(Br)cc2)c1. The molecule has 0 unspecified atom stereocenters. The molecule has 2 aromatic carbocycles. The van der Waals surface area contributed by atoms with Gasteiger partial charge in [-0.1, -0.05) is 40.2 Å². The van der Waals surface area contributed by atoms with Crippen LogP contribution in [0.15, 0.2) is 53.0 Å². The van der Waals surface area contributed by atoms with Gasteiger partial charge in [0, 0.05) is 23.1 Å². The number of rotatable bonds is 5. The fourth-order valence-corrected chi connectivity index (χ4v) is 2.49. The van der Waals surface area contributed by atoms with E-state index in [1.807, 2.05) is 57.2 Å². The van der Waals surface area contributed by atoms with Gasteiger partial charge in [0.1, 0.15) is 5.60 Å². The molecule has 2 amide bonds. The first kappa shape index (κ1) is 20.0. The Bertz CT molecular complexity index is 767. The fourth-order valence-electron chi connectivity index (χ4n) is 2.22. The Hall–Kier alpha value is -2.34. The highest BCUT2D eigenvalue weighted by Gasteiger charge is 2.15. The van der Waals surface area contributed by atoms with Crippen molar-refractivity contribution < 1.29 is 14.3 Å². The maximum atomic E-state index is 12.2. The monoisotopic (exact) mass is 418 g/mol. The van der Waals surface area contributed by atoms with Gasteiger partial charge >= 0.3 is 6.09 Å². The van der Waals surface area contributed by atoms with Crippen LogP contribution in [0.5, 0.6) is 0 Å². The zero-order valence-electron chi connectivity index (χ0n) is 15.1. The molecule has 0 heterocycles. The van der Waals surface area contributed by atoms with Gasteiger partial charge in [-0.15, -0.1) is 0 Å². The summed E-state index contributed by atoms with van der Waals surface area (Å²) in [4.78, 5) is 23.9. The Balaban J connectivity index is 1.87. The normalized spacial score (nSPS) is 10.9. The number of carbonyl (C=O) groups is 2.